The van der Waals surface area contributed by atoms with E-state index in [1.807, 2.05) is 6.07 Å². The van der Waals surface area contributed by atoms with Crippen molar-refractivity contribution in [2.75, 3.05) is 26.4 Å². The van der Waals surface area contributed by atoms with E-state index in [0.717, 1.165) is 67.7 Å². The molecule has 0 amide bonds. The molecule has 2 saturated heterocycles. The molecule has 0 spiro atoms. The molecule has 2 heterocycles. The van der Waals surface area contributed by atoms with Crippen LogP contribution in [0.4, 0.5) is 0 Å². The van der Waals surface area contributed by atoms with Gasteiger partial charge in [-0.2, -0.15) is 0 Å². The topological polar surface area (TPSA) is 36.9 Å². The Labute approximate surface area is 241 Å². The number of hydrogen-bond acceptors (Lipinski definition) is 4. The van der Waals surface area contributed by atoms with E-state index in [1.165, 1.54) is 36.8 Å². The minimum Gasteiger partial charge on any atom is -0.353 e. The number of ether oxygens (including phenoxy) is 4. The highest BCUT2D eigenvalue weighted by Gasteiger charge is 2.21. The monoisotopic (exact) mass is 604 g/mol. The molecule has 2 aromatic rings. The molecule has 2 fully saturated rings. The van der Waals surface area contributed by atoms with Gasteiger partial charge in [-0.25, -0.2) is 0 Å². The summed E-state index contributed by atoms with van der Waals surface area (Å²) in [5, 5.41) is 1.61. The van der Waals surface area contributed by atoms with Crippen molar-refractivity contribution in [3.63, 3.8) is 0 Å². The van der Waals surface area contributed by atoms with Crippen molar-refractivity contribution in [1.29, 1.82) is 0 Å². The van der Waals surface area contributed by atoms with Gasteiger partial charge in [0.05, 0.1) is 22.0 Å². The normalized spacial score (nSPS) is 20.0. The first kappa shape index (κ1) is 31.5. The second-order valence-electron chi connectivity index (χ2n) is 11.2. The molecule has 6 heteroatoms. The quantitative estimate of drug-likeness (QED) is 0.248. The lowest BCUT2D eigenvalue weighted by atomic mass is 10.1. The van der Waals surface area contributed by atoms with Crippen LogP contribution in [0.1, 0.15) is 77.3 Å². The summed E-state index contributed by atoms with van der Waals surface area (Å²) in [6, 6.07) is 17.6. The average molecular weight is 606 g/mol. The molecular weight excluding hydrogens is 556 g/mol. The van der Waals surface area contributed by atoms with Crippen LogP contribution in [0, 0.1) is 0 Å². The maximum atomic E-state index is 5.87. The summed E-state index contributed by atoms with van der Waals surface area (Å²) in [4.78, 5) is 0. The molecule has 4 nitrogen and oxygen atoms in total. The zero-order valence-electron chi connectivity index (χ0n) is 24.0. The van der Waals surface area contributed by atoms with E-state index in [0.29, 0.717) is 0 Å². The van der Waals surface area contributed by atoms with Crippen molar-refractivity contribution in [1.82, 2.24) is 0 Å². The summed E-state index contributed by atoms with van der Waals surface area (Å²) in [5.74, 6) is 0. The molecule has 0 bridgehead atoms. The number of benzene rings is 2. The van der Waals surface area contributed by atoms with Crippen LogP contribution in [0.15, 0.2) is 53.0 Å². The molecule has 0 radical (unpaired) electrons. The van der Waals surface area contributed by atoms with Crippen molar-refractivity contribution in [3.05, 3.63) is 64.1 Å². The number of rotatable bonds is 11. The average Bonchev–Trinajstić information content (AvgIpc) is 2.90. The molecule has 0 saturated carbocycles. The van der Waals surface area contributed by atoms with Gasteiger partial charge in [-0.1, -0.05) is 85.2 Å². The van der Waals surface area contributed by atoms with E-state index in [1.54, 1.807) is 5.19 Å². The standard InChI is InChI=1S/C19H32O2Si.C13H17BrO2/c1-15(2)22(16(3)4)18-9-7-8-17(14-18)11-13-21-19-10-5-6-12-20-19;14-12-5-3-4-11(10-12)7-9-16-13-6-1-2-8-15-13/h7-9,14-16,19,22H,5-6,10-13H2,1-4H3;3-5,10,13H,1-2,6-9H2. The molecule has 0 N–H and O–H groups in total. The van der Waals surface area contributed by atoms with Gasteiger partial charge in [0.25, 0.3) is 0 Å². The second-order valence-corrected chi connectivity index (χ2v) is 16.5. The minimum atomic E-state index is -0.894. The van der Waals surface area contributed by atoms with Crippen LogP contribution in [-0.2, 0) is 31.8 Å². The van der Waals surface area contributed by atoms with E-state index >= 15 is 0 Å². The number of halogens is 1. The molecule has 2 aliphatic rings. The molecule has 0 aromatic heterocycles. The predicted molar refractivity (Wildman–Crippen MR) is 164 cm³/mol. The zero-order chi connectivity index (χ0) is 27.2. The Morgan fingerprint density at radius 2 is 1.29 bits per heavy atom. The Kier molecular flexibility index (Phi) is 14.6. The largest absolute Gasteiger partial charge is 0.353 e. The van der Waals surface area contributed by atoms with Crippen LogP contribution in [-0.4, -0.2) is 47.8 Å². The summed E-state index contributed by atoms with van der Waals surface area (Å²) in [5.41, 5.74) is 4.32. The first-order valence-corrected chi connectivity index (χ1v) is 17.4. The van der Waals surface area contributed by atoms with Gasteiger partial charge in [0.2, 0.25) is 0 Å². The van der Waals surface area contributed by atoms with Gasteiger partial charge in [-0.05, 0) is 85.7 Å². The lowest BCUT2D eigenvalue weighted by Gasteiger charge is -2.24. The first-order valence-electron chi connectivity index (χ1n) is 14.7. The van der Waals surface area contributed by atoms with Gasteiger partial charge in [-0.3, -0.25) is 0 Å². The Bertz CT molecular complexity index is 902. The molecular formula is C32H49BrO4Si. The third-order valence-corrected chi connectivity index (χ3v) is 11.8. The van der Waals surface area contributed by atoms with E-state index in [9.17, 15) is 0 Å². The van der Waals surface area contributed by atoms with E-state index in [2.05, 4.69) is 86.1 Å². The van der Waals surface area contributed by atoms with Crippen molar-refractivity contribution >= 4 is 29.9 Å². The first-order chi connectivity index (χ1) is 18.4. The summed E-state index contributed by atoms with van der Waals surface area (Å²) < 4.78 is 23.8. The van der Waals surface area contributed by atoms with Gasteiger partial charge in [-0.15, -0.1) is 0 Å². The van der Waals surface area contributed by atoms with Crippen molar-refractivity contribution in [3.8, 4) is 0 Å². The maximum Gasteiger partial charge on any atom is 0.157 e. The fraction of sp³-hybridized carbons (Fsp3) is 0.625. The highest BCUT2D eigenvalue weighted by atomic mass is 79.9. The van der Waals surface area contributed by atoms with Crippen LogP contribution in [0.3, 0.4) is 0 Å². The van der Waals surface area contributed by atoms with Gasteiger partial charge >= 0.3 is 0 Å². The van der Waals surface area contributed by atoms with Crippen LogP contribution in [0.2, 0.25) is 11.1 Å². The molecule has 2 unspecified atom stereocenters. The molecule has 2 atom stereocenters. The molecule has 38 heavy (non-hydrogen) atoms. The minimum absolute atomic E-state index is 0.0286. The van der Waals surface area contributed by atoms with Crippen molar-refractivity contribution in [2.45, 2.75) is 103 Å². The Balaban J connectivity index is 0.000000221. The second kappa shape index (κ2) is 17.6. The third kappa shape index (κ3) is 11.6. The SMILES string of the molecule is Brc1cccc(CCOC2CCCCO2)c1.CC(C)[SiH](c1cccc(CCOC2CCCCO2)c1)C(C)C. The highest BCUT2D eigenvalue weighted by molar-refractivity contribution is 9.10. The Morgan fingerprint density at radius 3 is 1.76 bits per heavy atom. The van der Waals surface area contributed by atoms with Gasteiger partial charge in [0.1, 0.15) is 0 Å². The summed E-state index contributed by atoms with van der Waals surface area (Å²) in [6.45, 7) is 12.7. The fourth-order valence-corrected chi connectivity index (χ4v) is 9.76. The summed E-state index contributed by atoms with van der Waals surface area (Å²) in [7, 11) is -0.894. The lowest BCUT2D eigenvalue weighted by molar-refractivity contribution is -0.161. The Hall–Kier alpha value is -1.02. The van der Waals surface area contributed by atoms with Crippen molar-refractivity contribution < 1.29 is 18.9 Å². The van der Waals surface area contributed by atoms with E-state index in [-0.39, 0.29) is 12.6 Å². The molecule has 2 aromatic carbocycles. The summed E-state index contributed by atoms with van der Waals surface area (Å²) >= 11 is 3.47. The van der Waals surface area contributed by atoms with Gasteiger partial charge < -0.3 is 18.9 Å². The molecule has 0 aliphatic carbocycles. The molecule has 2 aliphatic heterocycles. The van der Waals surface area contributed by atoms with Crippen LogP contribution >= 0.6 is 15.9 Å². The molecule has 212 valence electrons. The summed E-state index contributed by atoms with van der Waals surface area (Å²) in [6.07, 6.45) is 8.89. The van der Waals surface area contributed by atoms with Crippen molar-refractivity contribution in [2.24, 2.45) is 0 Å². The number of hydrogen-bond donors (Lipinski definition) is 0. The Morgan fingerprint density at radius 1 is 0.763 bits per heavy atom. The fourth-order valence-electron chi connectivity index (χ4n) is 5.49. The zero-order valence-corrected chi connectivity index (χ0v) is 26.7. The van der Waals surface area contributed by atoms with Gasteiger partial charge in [0.15, 0.2) is 12.6 Å². The van der Waals surface area contributed by atoms with Crippen LogP contribution in [0.25, 0.3) is 0 Å². The lowest BCUT2D eigenvalue weighted by Crippen LogP contribution is -2.36. The van der Waals surface area contributed by atoms with Crippen LogP contribution in [0.5, 0.6) is 0 Å². The predicted octanol–water partition coefficient (Wildman–Crippen LogP) is 7.56. The van der Waals surface area contributed by atoms with Crippen LogP contribution < -0.4 is 5.19 Å². The maximum absolute atomic E-state index is 5.87. The van der Waals surface area contributed by atoms with E-state index < -0.39 is 8.80 Å². The third-order valence-electron chi connectivity index (χ3n) is 7.33. The molecule has 4 rings (SSSR count). The highest BCUT2D eigenvalue weighted by Crippen LogP contribution is 2.21. The van der Waals surface area contributed by atoms with Gasteiger partial charge in [0, 0.05) is 17.7 Å². The smallest absolute Gasteiger partial charge is 0.157 e. The van der Waals surface area contributed by atoms with E-state index in [4.69, 9.17) is 18.9 Å².